The van der Waals surface area contributed by atoms with Gasteiger partial charge >= 0.3 is 0 Å². The van der Waals surface area contributed by atoms with Gasteiger partial charge in [-0.15, -0.1) is 0 Å². The lowest BCUT2D eigenvalue weighted by molar-refractivity contribution is 0.0944. The number of unbranched alkanes of at least 4 members (excludes halogenated alkanes) is 1. The van der Waals surface area contributed by atoms with Crippen LogP contribution in [0.1, 0.15) is 48.7 Å². The Morgan fingerprint density at radius 3 is 2.44 bits per heavy atom. The van der Waals surface area contributed by atoms with E-state index in [1.54, 1.807) is 12.1 Å². The van der Waals surface area contributed by atoms with Crippen LogP contribution in [0.4, 0.5) is 14.5 Å². The first kappa shape index (κ1) is 20.4. The van der Waals surface area contributed by atoms with Crippen molar-refractivity contribution in [3.63, 3.8) is 0 Å². The van der Waals surface area contributed by atoms with E-state index in [-0.39, 0.29) is 5.56 Å². The zero-order valence-electron chi connectivity index (χ0n) is 15.5. The first-order valence-electron chi connectivity index (χ1n) is 9.00. The Balaban J connectivity index is 2.11. The second-order valence-corrected chi connectivity index (χ2v) is 6.18. The van der Waals surface area contributed by atoms with Crippen molar-refractivity contribution in [2.75, 3.05) is 18.0 Å². The standard InChI is InChI=1S/C21H23F2N3O/c1-3-5-12-26(4-2)17-9-6-15(7-10-17)21(27)25-20(14-24)18-11-8-16(22)13-19(18)23/h6-11,13,20H,3-5,12H2,1-2H3,(H,25,27). The molecular weight excluding hydrogens is 348 g/mol. The van der Waals surface area contributed by atoms with Crippen LogP contribution in [0, 0.1) is 23.0 Å². The van der Waals surface area contributed by atoms with Crippen LogP contribution >= 0.6 is 0 Å². The molecule has 1 unspecified atom stereocenters. The molecule has 0 spiro atoms. The SMILES string of the molecule is CCCCN(CC)c1ccc(C(=O)NC(C#N)c2ccc(F)cc2F)cc1. The van der Waals surface area contributed by atoms with E-state index >= 15 is 0 Å². The molecule has 0 aliphatic rings. The zero-order valence-corrected chi connectivity index (χ0v) is 15.5. The lowest BCUT2D eigenvalue weighted by Crippen LogP contribution is -2.28. The molecule has 0 fully saturated rings. The molecule has 2 aromatic rings. The van der Waals surface area contributed by atoms with Crippen molar-refractivity contribution in [2.24, 2.45) is 0 Å². The molecule has 27 heavy (non-hydrogen) atoms. The van der Waals surface area contributed by atoms with Crippen molar-refractivity contribution in [2.45, 2.75) is 32.7 Å². The van der Waals surface area contributed by atoms with Crippen molar-refractivity contribution in [3.8, 4) is 6.07 Å². The summed E-state index contributed by atoms with van der Waals surface area (Å²) >= 11 is 0. The number of anilines is 1. The Morgan fingerprint density at radius 1 is 1.19 bits per heavy atom. The zero-order chi connectivity index (χ0) is 19.8. The summed E-state index contributed by atoms with van der Waals surface area (Å²) < 4.78 is 26.9. The van der Waals surface area contributed by atoms with E-state index in [0.29, 0.717) is 11.6 Å². The number of halogens is 2. The molecule has 0 saturated heterocycles. The molecule has 2 aromatic carbocycles. The van der Waals surface area contributed by atoms with Crippen LogP contribution in [0.5, 0.6) is 0 Å². The van der Waals surface area contributed by atoms with E-state index < -0.39 is 23.6 Å². The minimum Gasteiger partial charge on any atom is -0.372 e. The molecule has 0 bridgehead atoms. The highest BCUT2D eigenvalue weighted by Crippen LogP contribution is 2.20. The van der Waals surface area contributed by atoms with E-state index in [9.17, 15) is 18.8 Å². The van der Waals surface area contributed by atoms with Crippen LogP contribution in [0.15, 0.2) is 42.5 Å². The van der Waals surface area contributed by atoms with Crippen molar-refractivity contribution >= 4 is 11.6 Å². The van der Waals surface area contributed by atoms with Crippen LogP contribution in [0.25, 0.3) is 0 Å². The van der Waals surface area contributed by atoms with Gasteiger partial charge in [-0.3, -0.25) is 4.79 Å². The van der Waals surface area contributed by atoms with Crippen LogP contribution in [0.2, 0.25) is 0 Å². The first-order chi connectivity index (χ1) is 13.0. The maximum atomic E-state index is 13.9. The summed E-state index contributed by atoms with van der Waals surface area (Å²) in [5, 5.41) is 11.7. The van der Waals surface area contributed by atoms with Gasteiger partial charge in [0, 0.05) is 36.0 Å². The van der Waals surface area contributed by atoms with Gasteiger partial charge in [-0.25, -0.2) is 8.78 Å². The molecule has 0 aromatic heterocycles. The average Bonchev–Trinajstić information content (AvgIpc) is 2.67. The molecule has 0 saturated carbocycles. The fourth-order valence-corrected chi connectivity index (χ4v) is 2.77. The summed E-state index contributed by atoms with van der Waals surface area (Å²) in [6, 6.07) is 10.6. The molecule has 1 N–H and O–H groups in total. The third kappa shape index (κ3) is 5.27. The largest absolute Gasteiger partial charge is 0.372 e. The van der Waals surface area contributed by atoms with E-state index in [0.717, 1.165) is 43.8 Å². The van der Waals surface area contributed by atoms with Gasteiger partial charge in [0.05, 0.1) is 6.07 Å². The van der Waals surface area contributed by atoms with E-state index in [2.05, 4.69) is 24.1 Å². The number of nitriles is 1. The van der Waals surface area contributed by atoms with E-state index in [1.807, 2.05) is 18.2 Å². The molecule has 0 radical (unpaired) electrons. The number of carbonyl (C=O) groups is 1. The normalized spacial score (nSPS) is 11.5. The second kappa shape index (κ2) is 9.67. The Labute approximate surface area is 158 Å². The van der Waals surface area contributed by atoms with Crippen molar-refractivity contribution in [3.05, 3.63) is 65.2 Å². The molecule has 0 aliphatic carbocycles. The molecule has 6 heteroatoms. The van der Waals surface area contributed by atoms with Crippen LogP contribution in [-0.2, 0) is 0 Å². The summed E-state index contributed by atoms with van der Waals surface area (Å²) in [6.45, 7) is 6.02. The molecular formula is C21H23F2N3O. The monoisotopic (exact) mass is 371 g/mol. The molecule has 2 rings (SSSR count). The highest BCUT2D eigenvalue weighted by Gasteiger charge is 2.19. The molecule has 1 atom stereocenters. The van der Waals surface area contributed by atoms with Crippen LogP contribution in [0.3, 0.4) is 0 Å². The highest BCUT2D eigenvalue weighted by atomic mass is 19.1. The maximum absolute atomic E-state index is 13.9. The number of carbonyl (C=O) groups excluding carboxylic acids is 1. The number of nitrogens with one attached hydrogen (secondary N) is 1. The quantitative estimate of drug-likeness (QED) is 0.739. The van der Waals surface area contributed by atoms with Crippen LogP contribution < -0.4 is 10.2 Å². The Bertz CT molecular complexity index is 815. The van der Waals surface area contributed by atoms with Gasteiger partial charge in [-0.2, -0.15) is 5.26 Å². The lowest BCUT2D eigenvalue weighted by atomic mass is 10.1. The van der Waals surface area contributed by atoms with Crippen molar-refractivity contribution in [1.82, 2.24) is 5.32 Å². The Morgan fingerprint density at radius 2 is 1.89 bits per heavy atom. The number of rotatable bonds is 8. The third-order valence-electron chi connectivity index (χ3n) is 4.34. The predicted molar refractivity (Wildman–Crippen MR) is 101 cm³/mol. The molecule has 1 amide bonds. The van der Waals surface area contributed by atoms with Gasteiger partial charge in [-0.1, -0.05) is 19.4 Å². The molecule has 0 heterocycles. The molecule has 4 nitrogen and oxygen atoms in total. The number of benzene rings is 2. The van der Waals surface area contributed by atoms with Gasteiger partial charge in [0.2, 0.25) is 0 Å². The summed E-state index contributed by atoms with van der Waals surface area (Å²) in [6.07, 6.45) is 2.19. The van der Waals surface area contributed by atoms with Gasteiger partial charge in [0.1, 0.15) is 17.7 Å². The van der Waals surface area contributed by atoms with Gasteiger partial charge < -0.3 is 10.2 Å². The Kier molecular flexibility index (Phi) is 7.30. The fraction of sp³-hybridized carbons (Fsp3) is 0.333. The third-order valence-corrected chi connectivity index (χ3v) is 4.34. The first-order valence-corrected chi connectivity index (χ1v) is 9.00. The maximum Gasteiger partial charge on any atom is 0.252 e. The summed E-state index contributed by atoms with van der Waals surface area (Å²) in [4.78, 5) is 14.6. The Hall–Kier alpha value is -2.94. The molecule has 0 aliphatic heterocycles. The highest BCUT2D eigenvalue weighted by molar-refractivity contribution is 5.95. The smallest absolute Gasteiger partial charge is 0.252 e. The summed E-state index contributed by atoms with van der Waals surface area (Å²) in [7, 11) is 0. The number of nitrogens with zero attached hydrogens (tertiary/aromatic N) is 2. The van der Waals surface area contributed by atoms with Crippen molar-refractivity contribution in [1.29, 1.82) is 5.26 Å². The minimum atomic E-state index is -1.20. The van der Waals surface area contributed by atoms with E-state index in [1.165, 1.54) is 0 Å². The number of hydrogen-bond acceptors (Lipinski definition) is 3. The minimum absolute atomic E-state index is 0.0689. The van der Waals surface area contributed by atoms with Gasteiger partial charge in [0.25, 0.3) is 5.91 Å². The fourth-order valence-electron chi connectivity index (χ4n) is 2.77. The molecule has 142 valence electrons. The van der Waals surface area contributed by atoms with Crippen molar-refractivity contribution < 1.29 is 13.6 Å². The van der Waals surface area contributed by atoms with E-state index in [4.69, 9.17) is 0 Å². The number of hydrogen-bond donors (Lipinski definition) is 1. The lowest BCUT2D eigenvalue weighted by Gasteiger charge is -2.23. The van der Waals surface area contributed by atoms with Gasteiger partial charge in [0.15, 0.2) is 0 Å². The summed E-state index contributed by atoms with van der Waals surface area (Å²) in [5.74, 6) is -2.10. The summed E-state index contributed by atoms with van der Waals surface area (Å²) in [5.41, 5.74) is 1.32. The van der Waals surface area contributed by atoms with Crippen LogP contribution in [-0.4, -0.2) is 19.0 Å². The van der Waals surface area contributed by atoms with Gasteiger partial charge in [-0.05, 0) is 43.7 Å². The second-order valence-electron chi connectivity index (χ2n) is 6.18. The predicted octanol–water partition coefficient (Wildman–Crippen LogP) is 4.59. The average molecular weight is 371 g/mol. The topological polar surface area (TPSA) is 56.1 Å². The number of amides is 1.